The predicted octanol–water partition coefficient (Wildman–Crippen LogP) is 3.61. The van der Waals surface area contributed by atoms with Crippen LogP contribution in [0, 0.1) is 5.92 Å². The topological polar surface area (TPSA) is 59.8 Å². The molecule has 5 nitrogen and oxygen atoms in total. The fourth-order valence-corrected chi connectivity index (χ4v) is 3.94. The Balaban J connectivity index is 1.17. The molecule has 2 aromatic carbocycles. The van der Waals surface area contributed by atoms with Gasteiger partial charge in [-0.1, -0.05) is 42.5 Å². The van der Waals surface area contributed by atoms with Gasteiger partial charge in [0.2, 0.25) is 0 Å². The zero-order chi connectivity index (χ0) is 19.6. The smallest absolute Gasteiger partial charge is 0.167 e. The lowest BCUT2D eigenvalue weighted by Crippen LogP contribution is -2.20. The van der Waals surface area contributed by atoms with Crippen molar-refractivity contribution in [2.45, 2.75) is 44.2 Å². The number of carbonyl (C=O) groups excluding carboxylic acids is 1. The molecule has 1 aromatic heterocycles. The van der Waals surface area contributed by atoms with Gasteiger partial charge in [-0.05, 0) is 54.5 Å². The third-order valence-corrected chi connectivity index (χ3v) is 5.99. The van der Waals surface area contributed by atoms with E-state index in [9.17, 15) is 4.79 Å². The molecule has 2 saturated carbocycles. The molecule has 2 unspecified atom stereocenters. The zero-order valence-corrected chi connectivity index (χ0v) is 16.5. The summed E-state index contributed by atoms with van der Waals surface area (Å²) in [6.45, 7) is 1.80. The van der Waals surface area contributed by atoms with Crippen molar-refractivity contribution in [1.82, 2.24) is 20.1 Å². The van der Waals surface area contributed by atoms with E-state index in [2.05, 4.69) is 39.7 Å². The van der Waals surface area contributed by atoms with Gasteiger partial charge in [-0.3, -0.25) is 4.79 Å². The second kappa shape index (κ2) is 7.91. The number of Topliss-reactive ketones (excluding diaryl/α,β-unsaturated/α-hetero) is 1. The molecule has 3 aromatic rings. The van der Waals surface area contributed by atoms with Gasteiger partial charge >= 0.3 is 0 Å². The number of rotatable bonds is 9. The van der Waals surface area contributed by atoms with Crippen LogP contribution in [0.3, 0.4) is 0 Å². The molecule has 29 heavy (non-hydrogen) atoms. The predicted molar refractivity (Wildman–Crippen MR) is 112 cm³/mol. The summed E-state index contributed by atoms with van der Waals surface area (Å²) < 4.78 is 1.76. The Kier molecular flexibility index (Phi) is 4.98. The van der Waals surface area contributed by atoms with Gasteiger partial charge in [0, 0.05) is 23.9 Å². The van der Waals surface area contributed by atoms with Gasteiger partial charge in [0.15, 0.2) is 5.78 Å². The molecule has 2 aliphatic rings. The van der Waals surface area contributed by atoms with Crippen LogP contribution in [0.4, 0.5) is 0 Å². The maximum atomic E-state index is 12.8. The lowest BCUT2D eigenvalue weighted by atomic mass is 9.99. The first-order valence-electron chi connectivity index (χ1n) is 10.5. The third-order valence-electron chi connectivity index (χ3n) is 5.99. The highest BCUT2D eigenvalue weighted by atomic mass is 16.1. The van der Waals surface area contributed by atoms with Crippen molar-refractivity contribution in [3.05, 3.63) is 83.4 Å². The number of hydrogen-bond acceptors (Lipinski definition) is 4. The lowest BCUT2D eigenvalue weighted by Gasteiger charge is -2.07. The number of aromatic nitrogens is 3. The van der Waals surface area contributed by atoms with E-state index in [4.69, 9.17) is 0 Å². The number of nitrogens with one attached hydrogen (secondary N) is 1. The van der Waals surface area contributed by atoms with E-state index < -0.39 is 0 Å². The number of nitrogens with zero attached hydrogens (tertiary/aromatic N) is 3. The largest absolute Gasteiger partial charge is 0.313 e. The fourth-order valence-electron chi connectivity index (χ4n) is 3.94. The number of benzene rings is 2. The molecule has 5 rings (SSSR count). The highest BCUT2D eigenvalue weighted by Crippen LogP contribution is 2.41. The van der Waals surface area contributed by atoms with Crippen LogP contribution in [0.25, 0.3) is 0 Å². The summed E-state index contributed by atoms with van der Waals surface area (Å²) in [6, 6.07) is 17.1. The average Bonchev–Trinajstić information content (AvgIpc) is 3.66. The first kappa shape index (κ1) is 18.3. The van der Waals surface area contributed by atoms with Gasteiger partial charge in [-0.15, -0.1) is 0 Å². The lowest BCUT2D eigenvalue weighted by molar-refractivity contribution is 0.0993. The second-order valence-corrected chi connectivity index (χ2v) is 8.44. The van der Waals surface area contributed by atoms with Crippen LogP contribution in [0.5, 0.6) is 0 Å². The molecule has 0 aliphatic heterocycles. The van der Waals surface area contributed by atoms with E-state index in [1.54, 1.807) is 11.0 Å². The Morgan fingerprint density at radius 2 is 1.97 bits per heavy atom. The first-order chi connectivity index (χ1) is 14.2. The van der Waals surface area contributed by atoms with Gasteiger partial charge in [0.05, 0.1) is 6.54 Å². The molecule has 2 aliphatic carbocycles. The summed E-state index contributed by atoms with van der Waals surface area (Å²) in [4.78, 5) is 16.7. The van der Waals surface area contributed by atoms with Crippen LogP contribution in [0.1, 0.15) is 52.2 Å². The van der Waals surface area contributed by atoms with Crippen LogP contribution in [-0.4, -0.2) is 33.1 Å². The first-order valence-corrected chi connectivity index (χ1v) is 10.5. The van der Waals surface area contributed by atoms with E-state index in [-0.39, 0.29) is 5.78 Å². The van der Waals surface area contributed by atoms with Crippen LogP contribution in [0.15, 0.2) is 61.2 Å². The Labute approximate surface area is 171 Å². The molecule has 0 saturated heterocycles. The van der Waals surface area contributed by atoms with E-state index in [1.807, 2.05) is 24.3 Å². The molecule has 148 valence electrons. The third kappa shape index (κ3) is 4.62. The van der Waals surface area contributed by atoms with E-state index in [0.717, 1.165) is 22.6 Å². The van der Waals surface area contributed by atoms with E-state index >= 15 is 0 Å². The highest BCUT2D eigenvalue weighted by Gasteiger charge is 2.38. The SMILES string of the molecule is O=C(Cc1ccc(C2CC2NCC2CC2)cc1)c1cccc(Cn2cncn2)c1. The summed E-state index contributed by atoms with van der Waals surface area (Å²) in [6.07, 6.45) is 7.67. The van der Waals surface area contributed by atoms with Crippen molar-refractivity contribution in [3.63, 3.8) is 0 Å². The van der Waals surface area contributed by atoms with Gasteiger partial charge in [-0.2, -0.15) is 5.10 Å². The van der Waals surface area contributed by atoms with Gasteiger partial charge < -0.3 is 5.32 Å². The number of hydrogen-bond donors (Lipinski definition) is 1. The van der Waals surface area contributed by atoms with Crippen LogP contribution < -0.4 is 5.32 Å². The monoisotopic (exact) mass is 386 g/mol. The maximum Gasteiger partial charge on any atom is 0.167 e. The summed E-state index contributed by atoms with van der Waals surface area (Å²) in [7, 11) is 0. The quantitative estimate of drug-likeness (QED) is 0.571. The van der Waals surface area contributed by atoms with E-state index in [1.165, 1.54) is 37.7 Å². The number of ketones is 1. The molecular formula is C24H26N4O. The van der Waals surface area contributed by atoms with Gasteiger partial charge in [0.1, 0.15) is 12.7 Å². The minimum Gasteiger partial charge on any atom is -0.313 e. The fraction of sp³-hybridized carbons (Fsp3) is 0.375. The summed E-state index contributed by atoms with van der Waals surface area (Å²) >= 11 is 0. The Hall–Kier alpha value is -2.79. The zero-order valence-electron chi connectivity index (χ0n) is 16.5. The van der Waals surface area contributed by atoms with Crippen molar-refractivity contribution < 1.29 is 4.79 Å². The van der Waals surface area contributed by atoms with Crippen LogP contribution >= 0.6 is 0 Å². The molecule has 2 atom stereocenters. The van der Waals surface area contributed by atoms with Crippen LogP contribution in [0.2, 0.25) is 0 Å². The molecule has 5 heteroatoms. The van der Waals surface area contributed by atoms with E-state index in [0.29, 0.717) is 24.9 Å². The molecule has 0 amide bonds. The molecule has 2 fully saturated rings. The minimum atomic E-state index is 0.147. The Morgan fingerprint density at radius 3 is 2.72 bits per heavy atom. The maximum absolute atomic E-state index is 12.8. The molecule has 1 N–H and O–H groups in total. The van der Waals surface area contributed by atoms with Gasteiger partial charge in [0.25, 0.3) is 0 Å². The minimum absolute atomic E-state index is 0.147. The van der Waals surface area contributed by atoms with Crippen molar-refractivity contribution in [2.24, 2.45) is 5.92 Å². The average molecular weight is 386 g/mol. The van der Waals surface area contributed by atoms with Crippen LogP contribution in [-0.2, 0) is 13.0 Å². The summed E-state index contributed by atoms with van der Waals surface area (Å²) in [5.41, 5.74) is 4.27. The molecule has 0 spiro atoms. The Bertz CT molecular complexity index is 976. The number of carbonyl (C=O) groups is 1. The standard InChI is InChI=1S/C24H26N4O/c29-24(21-3-1-2-19(10-21)14-28-16-25-15-27-28)11-17-6-8-20(9-7-17)22-12-23(22)26-13-18-4-5-18/h1-3,6-10,15-16,18,22-23,26H,4-5,11-14H2. The molecule has 0 radical (unpaired) electrons. The summed E-state index contributed by atoms with van der Waals surface area (Å²) in [5, 5.41) is 7.82. The van der Waals surface area contributed by atoms with Crippen molar-refractivity contribution >= 4 is 5.78 Å². The van der Waals surface area contributed by atoms with Crippen molar-refractivity contribution in [3.8, 4) is 0 Å². The van der Waals surface area contributed by atoms with Crippen molar-refractivity contribution in [1.29, 1.82) is 0 Å². The highest BCUT2D eigenvalue weighted by molar-refractivity contribution is 5.97. The second-order valence-electron chi connectivity index (χ2n) is 8.44. The Morgan fingerprint density at radius 1 is 1.10 bits per heavy atom. The normalized spacial score (nSPS) is 20.6. The molecule has 0 bridgehead atoms. The molecular weight excluding hydrogens is 360 g/mol. The van der Waals surface area contributed by atoms with Gasteiger partial charge in [-0.25, -0.2) is 9.67 Å². The molecule has 1 heterocycles. The summed E-state index contributed by atoms with van der Waals surface area (Å²) in [5.74, 6) is 1.72. The van der Waals surface area contributed by atoms with Crippen molar-refractivity contribution in [2.75, 3.05) is 6.54 Å².